The minimum absolute atomic E-state index is 0.0705. The fourth-order valence-electron chi connectivity index (χ4n) is 2.43. The van der Waals surface area contributed by atoms with E-state index in [0.29, 0.717) is 17.0 Å². The van der Waals surface area contributed by atoms with E-state index < -0.39 is 65.0 Å². The number of aliphatic carboxylic acids is 1. The molecule has 0 fully saturated rings. The van der Waals surface area contributed by atoms with Gasteiger partial charge in [0.15, 0.2) is 0 Å². The Morgan fingerprint density at radius 2 is 1.55 bits per heavy atom. The second-order valence-corrected chi connectivity index (χ2v) is 6.94. The molecule has 2 aromatic carbocycles. The van der Waals surface area contributed by atoms with Crippen LogP contribution in [0.1, 0.15) is 21.5 Å². The number of halogens is 7. The van der Waals surface area contributed by atoms with Crippen molar-refractivity contribution >= 4 is 35.3 Å². The van der Waals surface area contributed by atoms with Crippen LogP contribution in [0.3, 0.4) is 0 Å². The highest BCUT2D eigenvalue weighted by Crippen LogP contribution is 2.37. The van der Waals surface area contributed by atoms with Gasteiger partial charge in [0.1, 0.15) is 12.3 Å². The van der Waals surface area contributed by atoms with E-state index in [2.05, 4.69) is 0 Å². The van der Waals surface area contributed by atoms with Gasteiger partial charge >= 0.3 is 24.4 Å². The van der Waals surface area contributed by atoms with Crippen molar-refractivity contribution in [3.05, 3.63) is 58.1 Å². The van der Waals surface area contributed by atoms with Gasteiger partial charge in [0.25, 0.3) is 5.91 Å². The number of benzene rings is 2. The predicted octanol–water partition coefficient (Wildman–Crippen LogP) is 5.15. The number of alkyl halides is 6. The standard InChI is InChI=1S/C19H13ClF6N2O5/c1-28(8-15(29)30)17(32)33-14-3-2-11(20)7-13(14)16(31)27-12-5-9(18(21,22)23)4-10(6-12)19(24,25)26/h2-7H,8H2,1H3,(H,27,31)(H,29,30). The summed E-state index contributed by atoms with van der Waals surface area (Å²) in [6.45, 7) is -0.752. The number of rotatable bonds is 5. The first-order valence-electron chi connectivity index (χ1n) is 8.63. The molecule has 0 unspecified atom stereocenters. The van der Waals surface area contributed by atoms with E-state index in [1.54, 1.807) is 0 Å². The summed E-state index contributed by atoms with van der Waals surface area (Å²) in [5.74, 6) is -3.08. The van der Waals surface area contributed by atoms with Gasteiger partial charge in [-0.2, -0.15) is 26.3 Å². The number of nitrogens with zero attached hydrogens (tertiary/aromatic N) is 1. The van der Waals surface area contributed by atoms with Crippen LogP contribution in [-0.4, -0.2) is 41.6 Å². The van der Waals surface area contributed by atoms with Crippen molar-refractivity contribution < 1.29 is 50.6 Å². The molecule has 2 N–H and O–H groups in total. The number of ether oxygens (including phenoxy) is 1. The largest absolute Gasteiger partial charge is 0.480 e. The van der Waals surface area contributed by atoms with Crippen LogP contribution in [0, 0.1) is 0 Å². The lowest BCUT2D eigenvalue weighted by Crippen LogP contribution is -2.34. The van der Waals surface area contributed by atoms with Crippen molar-refractivity contribution in [3.8, 4) is 5.75 Å². The summed E-state index contributed by atoms with van der Waals surface area (Å²) in [5, 5.41) is 10.5. The van der Waals surface area contributed by atoms with E-state index in [9.17, 15) is 40.7 Å². The summed E-state index contributed by atoms with van der Waals surface area (Å²) in [4.78, 5) is 35.9. The zero-order chi connectivity index (χ0) is 25.1. The predicted molar refractivity (Wildman–Crippen MR) is 102 cm³/mol. The van der Waals surface area contributed by atoms with Crippen LogP contribution in [0.25, 0.3) is 0 Å². The quantitative estimate of drug-likeness (QED) is 0.556. The number of likely N-dealkylation sites (N-methyl/N-ethyl adjacent to an activating group) is 1. The Morgan fingerprint density at radius 3 is 2.03 bits per heavy atom. The molecule has 0 aliphatic rings. The SMILES string of the molecule is CN(CC(=O)O)C(=O)Oc1ccc(Cl)cc1C(=O)Nc1cc(C(F)(F)F)cc(C(F)(F)F)c1. The van der Waals surface area contributed by atoms with Gasteiger partial charge in [-0.3, -0.25) is 14.5 Å². The molecule has 2 amide bonds. The number of hydrogen-bond acceptors (Lipinski definition) is 4. The van der Waals surface area contributed by atoms with Crippen LogP contribution >= 0.6 is 11.6 Å². The molecule has 0 bridgehead atoms. The van der Waals surface area contributed by atoms with Crippen LogP contribution in [0.15, 0.2) is 36.4 Å². The van der Waals surface area contributed by atoms with Gasteiger partial charge in [-0.1, -0.05) is 11.6 Å². The monoisotopic (exact) mass is 498 g/mol. The highest BCUT2D eigenvalue weighted by molar-refractivity contribution is 6.31. The maximum absolute atomic E-state index is 13.0. The third-order valence-corrected chi connectivity index (χ3v) is 4.15. The minimum atomic E-state index is -5.13. The maximum Gasteiger partial charge on any atom is 0.416 e. The van der Waals surface area contributed by atoms with Gasteiger partial charge in [0.2, 0.25) is 0 Å². The summed E-state index contributed by atoms with van der Waals surface area (Å²) in [5.41, 5.74) is -4.64. The van der Waals surface area contributed by atoms with Gasteiger partial charge in [-0.25, -0.2) is 4.79 Å². The molecule has 2 rings (SSSR count). The molecular formula is C19H13ClF6N2O5. The highest BCUT2D eigenvalue weighted by atomic mass is 35.5. The summed E-state index contributed by atoms with van der Waals surface area (Å²) in [7, 11) is 1.08. The van der Waals surface area contributed by atoms with Crippen LogP contribution in [0.2, 0.25) is 5.02 Å². The first-order valence-corrected chi connectivity index (χ1v) is 9.01. The Labute approximate surface area is 186 Å². The molecule has 7 nitrogen and oxygen atoms in total. The Bertz CT molecular complexity index is 1060. The topological polar surface area (TPSA) is 95.9 Å². The minimum Gasteiger partial charge on any atom is -0.480 e. The summed E-state index contributed by atoms with van der Waals surface area (Å²) in [6.07, 6.45) is -11.5. The molecule has 14 heteroatoms. The van der Waals surface area contributed by atoms with E-state index >= 15 is 0 Å². The molecule has 33 heavy (non-hydrogen) atoms. The summed E-state index contributed by atoms with van der Waals surface area (Å²) < 4.78 is 83.1. The molecule has 0 aliphatic heterocycles. The Kier molecular flexibility index (Phi) is 7.47. The van der Waals surface area contributed by atoms with E-state index in [0.717, 1.165) is 19.2 Å². The smallest absolute Gasteiger partial charge is 0.416 e. The van der Waals surface area contributed by atoms with Crippen molar-refractivity contribution in [3.63, 3.8) is 0 Å². The molecule has 0 aliphatic carbocycles. The number of amides is 2. The molecular weight excluding hydrogens is 486 g/mol. The molecule has 0 heterocycles. The third-order valence-electron chi connectivity index (χ3n) is 3.91. The first kappa shape index (κ1) is 25.8. The number of carboxylic acids is 1. The normalized spacial score (nSPS) is 11.6. The number of carboxylic acid groups (broad SMARTS) is 1. The zero-order valence-electron chi connectivity index (χ0n) is 16.3. The van der Waals surface area contributed by atoms with Crippen LogP contribution in [-0.2, 0) is 17.1 Å². The third kappa shape index (κ3) is 7.00. The number of carbonyl (C=O) groups excluding carboxylic acids is 2. The Morgan fingerprint density at radius 1 is 1.00 bits per heavy atom. The first-order chi connectivity index (χ1) is 15.1. The lowest BCUT2D eigenvalue weighted by molar-refractivity contribution is -0.143. The lowest BCUT2D eigenvalue weighted by Gasteiger charge is -2.17. The molecule has 0 radical (unpaired) electrons. The Hall–Kier alpha value is -3.48. The molecule has 0 saturated heterocycles. The number of hydrogen-bond donors (Lipinski definition) is 2. The molecule has 2 aromatic rings. The van der Waals surface area contributed by atoms with Gasteiger partial charge < -0.3 is 15.2 Å². The van der Waals surface area contributed by atoms with Crippen LogP contribution < -0.4 is 10.1 Å². The number of anilines is 1. The molecule has 0 atom stereocenters. The van der Waals surface area contributed by atoms with Crippen LogP contribution in [0.4, 0.5) is 36.8 Å². The molecule has 0 spiro atoms. The van der Waals surface area contributed by atoms with Crippen molar-refractivity contribution in [2.75, 3.05) is 18.9 Å². The van der Waals surface area contributed by atoms with Crippen molar-refractivity contribution in [2.45, 2.75) is 12.4 Å². The molecule has 178 valence electrons. The Balaban J connectivity index is 2.40. The number of carbonyl (C=O) groups is 3. The fraction of sp³-hybridized carbons (Fsp3) is 0.211. The average molecular weight is 499 g/mol. The van der Waals surface area contributed by atoms with Gasteiger partial charge in [-0.05, 0) is 36.4 Å². The van der Waals surface area contributed by atoms with Crippen molar-refractivity contribution in [1.82, 2.24) is 4.90 Å². The summed E-state index contributed by atoms with van der Waals surface area (Å²) in [6, 6.07) is 3.66. The van der Waals surface area contributed by atoms with Gasteiger partial charge in [-0.15, -0.1) is 0 Å². The van der Waals surface area contributed by atoms with Crippen molar-refractivity contribution in [2.24, 2.45) is 0 Å². The second kappa shape index (κ2) is 9.57. The second-order valence-electron chi connectivity index (χ2n) is 6.51. The highest BCUT2D eigenvalue weighted by Gasteiger charge is 2.37. The van der Waals surface area contributed by atoms with E-state index in [1.807, 2.05) is 5.32 Å². The molecule has 0 aromatic heterocycles. The van der Waals surface area contributed by atoms with E-state index in [4.69, 9.17) is 21.4 Å². The van der Waals surface area contributed by atoms with Crippen LogP contribution in [0.5, 0.6) is 5.75 Å². The van der Waals surface area contributed by atoms with Gasteiger partial charge in [0.05, 0.1) is 16.7 Å². The average Bonchev–Trinajstić information content (AvgIpc) is 2.67. The van der Waals surface area contributed by atoms with E-state index in [1.165, 1.54) is 6.07 Å². The summed E-state index contributed by atoms with van der Waals surface area (Å²) >= 11 is 5.80. The van der Waals surface area contributed by atoms with Crippen molar-refractivity contribution in [1.29, 1.82) is 0 Å². The maximum atomic E-state index is 13.0. The number of nitrogens with one attached hydrogen (secondary N) is 1. The van der Waals surface area contributed by atoms with Gasteiger partial charge in [0, 0.05) is 17.8 Å². The zero-order valence-corrected chi connectivity index (χ0v) is 17.1. The fourth-order valence-corrected chi connectivity index (χ4v) is 2.61. The van der Waals surface area contributed by atoms with E-state index in [-0.39, 0.29) is 11.1 Å². The lowest BCUT2D eigenvalue weighted by atomic mass is 10.1. The molecule has 0 saturated carbocycles.